The maximum absolute atomic E-state index is 12.1. The van der Waals surface area contributed by atoms with E-state index in [0.29, 0.717) is 12.0 Å². The lowest BCUT2D eigenvalue weighted by Gasteiger charge is -2.23. The number of carbonyl (C=O) groups is 1. The summed E-state index contributed by atoms with van der Waals surface area (Å²) in [5.41, 5.74) is 0.444. The Bertz CT molecular complexity index is 550. The molecule has 1 N–H and O–H groups in total. The van der Waals surface area contributed by atoms with Crippen molar-refractivity contribution in [2.75, 3.05) is 18.6 Å². The van der Waals surface area contributed by atoms with Gasteiger partial charge in [0, 0.05) is 18.7 Å². The van der Waals surface area contributed by atoms with Gasteiger partial charge in [0.15, 0.2) is 9.84 Å². The smallest absolute Gasteiger partial charge is 0.253 e. The van der Waals surface area contributed by atoms with Crippen LogP contribution >= 0.6 is 0 Å². The molecule has 1 aliphatic rings. The second-order valence-corrected chi connectivity index (χ2v) is 6.75. The SMILES string of the molecule is CN(C(=O)c1ccc(O)cc1)C1CCS(=O)(=O)C1. The third-order valence-electron chi connectivity index (χ3n) is 3.19. The van der Waals surface area contributed by atoms with E-state index >= 15 is 0 Å². The van der Waals surface area contributed by atoms with Gasteiger partial charge in [-0.2, -0.15) is 0 Å². The van der Waals surface area contributed by atoms with E-state index in [-0.39, 0.29) is 29.2 Å². The molecule has 18 heavy (non-hydrogen) atoms. The van der Waals surface area contributed by atoms with Crippen LogP contribution in [0.3, 0.4) is 0 Å². The summed E-state index contributed by atoms with van der Waals surface area (Å²) in [5, 5.41) is 9.15. The van der Waals surface area contributed by atoms with Crippen LogP contribution in [-0.2, 0) is 9.84 Å². The summed E-state index contributed by atoms with van der Waals surface area (Å²) >= 11 is 0. The summed E-state index contributed by atoms with van der Waals surface area (Å²) in [5.74, 6) is 0.0489. The normalized spacial score (nSPS) is 21.7. The van der Waals surface area contributed by atoms with Crippen molar-refractivity contribution in [3.8, 4) is 5.75 Å². The van der Waals surface area contributed by atoms with Crippen LogP contribution in [0.15, 0.2) is 24.3 Å². The molecule has 0 aliphatic carbocycles. The molecule has 1 amide bonds. The molecule has 1 saturated heterocycles. The van der Waals surface area contributed by atoms with Gasteiger partial charge in [-0.25, -0.2) is 8.42 Å². The second-order valence-electron chi connectivity index (χ2n) is 4.52. The highest BCUT2D eigenvalue weighted by molar-refractivity contribution is 7.91. The molecule has 1 unspecified atom stereocenters. The minimum absolute atomic E-state index is 0.0350. The second kappa shape index (κ2) is 4.61. The van der Waals surface area contributed by atoms with Crippen molar-refractivity contribution in [2.24, 2.45) is 0 Å². The first-order valence-electron chi connectivity index (χ1n) is 5.66. The molecule has 1 heterocycles. The van der Waals surface area contributed by atoms with Gasteiger partial charge >= 0.3 is 0 Å². The minimum atomic E-state index is -3.00. The van der Waals surface area contributed by atoms with E-state index in [2.05, 4.69) is 0 Å². The molecule has 1 fully saturated rings. The highest BCUT2D eigenvalue weighted by atomic mass is 32.2. The summed E-state index contributed by atoms with van der Waals surface area (Å²) in [6.45, 7) is 0. The van der Waals surface area contributed by atoms with Crippen LogP contribution in [0.2, 0.25) is 0 Å². The first-order chi connectivity index (χ1) is 8.39. The Kier molecular flexibility index (Phi) is 3.30. The summed E-state index contributed by atoms with van der Waals surface area (Å²) in [7, 11) is -1.38. The zero-order valence-electron chi connectivity index (χ0n) is 10.0. The minimum Gasteiger partial charge on any atom is -0.508 e. The van der Waals surface area contributed by atoms with Gasteiger partial charge in [0.05, 0.1) is 11.5 Å². The molecule has 1 aromatic carbocycles. The Morgan fingerprint density at radius 1 is 1.33 bits per heavy atom. The van der Waals surface area contributed by atoms with Crippen LogP contribution in [0.1, 0.15) is 16.8 Å². The van der Waals surface area contributed by atoms with E-state index < -0.39 is 9.84 Å². The largest absolute Gasteiger partial charge is 0.508 e. The van der Waals surface area contributed by atoms with Crippen molar-refractivity contribution in [1.82, 2.24) is 4.90 Å². The molecule has 1 atom stereocenters. The molecule has 0 aromatic heterocycles. The number of hydrogen-bond donors (Lipinski definition) is 1. The number of phenols is 1. The van der Waals surface area contributed by atoms with E-state index in [1.165, 1.54) is 29.2 Å². The molecule has 98 valence electrons. The predicted molar refractivity (Wildman–Crippen MR) is 67.3 cm³/mol. The first kappa shape index (κ1) is 12.9. The third kappa shape index (κ3) is 2.64. The number of sulfone groups is 1. The molecule has 0 saturated carbocycles. The average molecular weight is 269 g/mol. The van der Waals surface area contributed by atoms with Gasteiger partial charge in [-0.3, -0.25) is 4.79 Å². The Labute approximate surface area is 106 Å². The molecular weight excluding hydrogens is 254 g/mol. The van der Waals surface area contributed by atoms with E-state index in [9.17, 15) is 13.2 Å². The number of aromatic hydroxyl groups is 1. The first-order valence-corrected chi connectivity index (χ1v) is 7.48. The zero-order chi connectivity index (χ0) is 13.3. The molecule has 0 bridgehead atoms. The van der Waals surface area contributed by atoms with Gasteiger partial charge in [0.25, 0.3) is 5.91 Å². The molecule has 1 aromatic rings. The number of hydrogen-bond acceptors (Lipinski definition) is 4. The molecular formula is C12H15NO4S. The maximum Gasteiger partial charge on any atom is 0.253 e. The lowest BCUT2D eigenvalue weighted by atomic mass is 10.1. The van der Waals surface area contributed by atoms with Crippen LogP contribution in [0.5, 0.6) is 5.75 Å². The van der Waals surface area contributed by atoms with Crippen molar-refractivity contribution in [3.63, 3.8) is 0 Å². The quantitative estimate of drug-likeness (QED) is 0.855. The zero-order valence-corrected chi connectivity index (χ0v) is 10.9. The number of phenolic OH excluding ortho intramolecular Hbond substituents is 1. The van der Waals surface area contributed by atoms with Crippen LogP contribution in [0.25, 0.3) is 0 Å². The predicted octanol–water partition coefficient (Wildman–Crippen LogP) is 0.651. The Balaban J connectivity index is 2.12. The van der Waals surface area contributed by atoms with Crippen molar-refractivity contribution in [2.45, 2.75) is 12.5 Å². The Hall–Kier alpha value is -1.56. The van der Waals surface area contributed by atoms with Gasteiger partial charge in [0.2, 0.25) is 0 Å². The van der Waals surface area contributed by atoms with Gasteiger partial charge in [-0.15, -0.1) is 0 Å². The fourth-order valence-electron chi connectivity index (χ4n) is 2.05. The standard InChI is InChI=1S/C12H15NO4S/c1-13(10-6-7-18(16,17)8-10)12(15)9-2-4-11(14)5-3-9/h2-5,10,14H,6-8H2,1H3. The fraction of sp³-hybridized carbons (Fsp3) is 0.417. The number of benzene rings is 1. The monoisotopic (exact) mass is 269 g/mol. The molecule has 1 aliphatic heterocycles. The molecule has 6 heteroatoms. The summed E-state index contributed by atoms with van der Waals surface area (Å²) < 4.78 is 22.8. The Morgan fingerprint density at radius 2 is 1.94 bits per heavy atom. The van der Waals surface area contributed by atoms with Crippen LogP contribution in [0.4, 0.5) is 0 Å². The van der Waals surface area contributed by atoms with Crippen LogP contribution in [0, 0.1) is 0 Å². The molecule has 5 nitrogen and oxygen atoms in total. The van der Waals surface area contributed by atoms with E-state index in [4.69, 9.17) is 5.11 Å². The lowest BCUT2D eigenvalue weighted by Crippen LogP contribution is -2.37. The lowest BCUT2D eigenvalue weighted by molar-refractivity contribution is 0.0747. The third-order valence-corrected chi connectivity index (χ3v) is 4.94. The van der Waals surface area contributed by atoms with Gasteiger partial charge in [-0.1, -0.05) is 0 Å². The van der Waals surface area contributed by atoms with Crippen molar-refractivity contribution < 1.29 is 18.3 Å². The van der Waals surface area contributed by atoms with Crippen LogP contribution < -0.4 is 0 Å². The summed E-state index contributed by atoms with van der Waals surface area (Å²) in [6, 6.07) is 5.67. The molecule has 2 rings (SSSR count). The molecule has 0 spiro atoms. The number of amides is 1. The van der Waals surface area contributed by atoms with Gasteiger partial charge in [0.1, 0.15) is 5.75 Å². The number of rotatable bonds is 2. The van der Waals surface area contributed by atoms with Gasteiger partial charge in [-0.05, 0) is 30.7 Å². The van der Waals surface area contributed by atoms with E-state index in [0.717, 1.165) is 0 Å². The highest BCUT2D eigenvalue weighted by Gasteiger charge is 2.32. The molecule has 0 radical (unpaired) electrons. The topological polar surface area (TPSA) is 74.7 Å². The average Bonchev–Trinajstić information content (AvgIpc) is 2.69. The van der Waals surface area contributed by atoms with Crippen molar-refractivity contribution in [1.29, 1.82) is 0 Å². The Morgan fingerprint density at radius 3 is 2.44 bits per heavy atom. The fourth-order valence-corrected chi connectivity index (χ4v) is 3.83. The summed E-state index contributed by atoms with van der Waals surface area (Å²) in [4.78, 5) is 13.6. The van der Waals surface area contributed by atoms with E-state index in [1.807, 2.05) is 0 Å². The van der Waals surface area contributed by atoms with Crippen molar-refractivity contribution in [3.05, 3.63) is 29.8 Å². The number of carbonyl (C=O) groups excluding carboxylic acids is 1. The number of nitrogens with zero attached hydrogens (tertiary/aromatic N) is 1. The summed E-state index contributed by atoms with van der Waals surface area (Å²) in [6.07, 6.45) is 0.489. The van der Waals surface area contributed by atoms with Crippen molar-refractivity contribution >= 4 is 15.7 Å². The maximum atomic E-state index is 12.1. The van der Waals surface area contributed by atoms with Crippen LogP contribution in [-0.4, -0.2) is 48.9 Å². The highest BCUT2D eigenvalue weighted by Crippen LogP contribution is 2.19. The van der Waals surface area contributed by atoms with Gasteiger partial charge < -0.3 is 10.0 Å². The van der Waals surface area contributed by atoms with E-state index in [1.54, 1.807) is 7.05 Å².